The largest absolute Gasteiger partial charge is 0.454 e. The summed E-state index contributed by atoms with van der Waals surface area (Å²) in [6.07, 6.45) is 2.44. The Hall–Kier alpha value is -4.08. The fraction of sp³-hybridized carbons (Fsp3) is 0.292. The monoisotopic (exact) mass is 466 g/mol. The van der Waals surface area contributed by atoms with E-state index in [4.69, 9.17) is 9.47 Å². The lowest BCUT2D eigenvalue weighted by Crippen LogP contribution is -2.33. The number of benzene rings is 2. The molecule has 0 radical (unpaired) electrons. The average molecular weight is 466 g/mol. The predicted molar refractivity (Wildman–Crippen MR) is 120 cm³/mol. The number of rotatable bonds is 8. The molecule has 9 nitrogen and oxygen atoms in total. The van der Waals surface area contributed by atoms with Gasteiger partial charge < -0.3 is 25.1 Å². The summed E-state index contributed by atoms with van der Waals surface area (Å²) >= 11 is 0. The SMILES string of the molecule is O=C(CC[C@H]1NC(=O)N(CCc2c[nH]c3ccc(F)cc23)C1=O)NCc1ccc2c(c1)OCO2. The first-order valence-electron chi connectivity index (χ1n) is 11.0. The van der Waals surface area contributed by atoms with Crippen LogP contribution in [0.5, 0.6) is 11.5 Å². The van der Waals surface area contributed by atoms with Crippen LogP contribution >= 0.6 is 0 Å². The number of carbonyl (C=O) groups excluding carboxylic acids is 3. The summed E-state index contributed by atoms with van der Waals surface area (Å²) in [7, 11) is 0. The van der Waals surface area contributed by atoms with Gasteiger partial charge in [-0.15, -0.1) is 0 Å². The summed E-state index contributed by atoms with van der Waals surface area (Å²) in [5, 5.41) is 6.18. The Kier molecular flexibility index (Phi) is 5.79. The minimum absolute atomic E-state index is 0.0941. The number of imide groups is 1. The number of hydrogen-bond acceptors (Lipinski definition) is 5. The summed E-state index contributed by atoms with van der Waals surface area (Å²) in [6.45, 7) is 0.669. The highest BCUT2D eigenvalue weighted by Crippen LogP contribution is 2.32. The van der Waals surface area contributed by atoms with E-state index >= 15 is 0 Å². The molecule has 0 saturated carbocycles. The molecule has 5 rings (SSSR count). The first-order chi connectivity index (χ1) is 16.5. The molecule has 176 valence electrons. The topological polar surface area (TPSA) is 113 Å². The maximum absolute atomic E-state index is 13.6. The third-order valence-electron chi connectivity index (χ3n) is 6.03. The highest BCUT2D eigenvalue weighted by atomic mass is 19.1. The number of carbonyl (C=O) groups is 3. The molecule has 0 bridgehead atoms. The van der Waals surface area contributed by atoms with Crippen molar-refractivity contribution in [1.82, 2.24) is 20.5 Å². The van der Waals surface area contributed by atoms with Crippen LogP contribution in [0.2, 0.25) is 0 Å². The number of amides is 4. The standard InChI is InChI=1S/C24H23FN4O5/c25-16-2-3-18-17(10-16)15(12-26-18)7-8-29-23(31)19(28-24(29)32)4-6-22(30)27-11-14-1-5-20-21(9-14)34-13-33-20/h1-3,5,9-10,12,19,26H,4,6-8,11,13H2,(H,27,30)(H,28,32)/t19-/m1/s1. The van der Waals surface area contributed by atoms with Gasteiger partial charge in [-0.1, -0.05) is 6.07 Å². The molecule has 2 aromatic carbocycles. The molecular weight excluding hydrogens is 443 g/mol. The summed E-state index contributed by atoms with van der Waals surface area (Å²) in [5.74, 6) is 0.384. The van der Waals surface area contributed by atoms with Crippen molar-refractivity contribution in [2.24, 2.45) is 0 Å². The first kappa shape index (κ1) is 21.7. The Balaban J connectivity index is 1.10. The lowest BCUT2D eigenvalue weighted by atomic mass is 10.1. The van der Waals surface area contributed by atoms with Gasteiger partial charge in [0.1, 0.15) is 11.9 Å². The lowest BCUT2D eigenvalue weighted by molar-refractivity contribution is -0.127. The van der Waals surface area contributed by atoms with Gasteiger partial charge in [-0.25, -0.2) is 9.18 Å². The van der Waals surface area contributed by atoms with E-state index in [2.05, 4.69) is 15.6 Å². The number of hydrogen-bond donors (Lipinski definition) is 3. The molecule has 1 aromatic heterocycles. The Morgan fingerprint density at radius 3 is 2.88 bits per heavy atom. The molecule has 0 aliphatic carbocycles. The molecule has 3 N–H and O–H groups in total. The molecule has 4 amide bonds. The molecule has 34 heavy (non-hydrogen) atoms. The van der Waals surface area contributed by atoms with Crippen LogP contribution in [-0.2, 0) is 22.6 Å². The molecule has 0 spiro atoms. The van der Waals surface area contributed by atoms with E-state index in [1.807, 2.05) is 12.1 Å². The van der Waals surface area contributed by atoms with E-state index in [1.54, 1.807) is 18.3 Å². The van der Waals surface area contributed by atoms with Crippen LogP contribution < -0.4 is 20.1 Å². The maximum Gasteiger partial charge on any atom is 0.324 e. The van der Waals surface area contributed by atoms with Crippen LogP contribution in [0.4, 0.5) is 9.18 Å². The summed E-state index contributed by atoms with van der Waals surface area (Å²) in [4.78, 5) is 41.5. The number of urea groups is 1. The number of nitrogens with zero attached hydrogens (tertiary/aromatic N) is 1. The van der Waals surface area contributed by atoms with Gasteiger partial charge in [0.2, 0.25) is 12.7 Å². The Bertz CT molecular complexity index is 1270. The first-order valence-corrected chi connectivity index (χ1v) is 11.0. The second kappa shape index (κ2) is 9.05. The highest BCUT2D eigenvalue weighted by Gasteiger charge is 2.37. The van der Waals surface area contributed by atoms with E-state index in [0.717, 1.165) is 26.9 Å². The second-order valence-electron chi connectivity index (χ2n) is 8.25. The summed E-state index contributed by atoms with van der Waals surface area (Å²) in [5.41, 5.74) is 2.48. The number of H-pyrrole nitrogens is 1. The van der Waals surface area contributed by atoms with Gasteiger partial charge in [0.25, 0.3) is 5.91 Å². The molecule has 1 saturated heterocycles. The van der Waals surface area contributed by atoms with Gasteiger partial charge in [0, 0.05) is 36.6 Å². The summed E-state index contributed by atoms with van der Waals surface area (Å²) < 4.78 is 24.2. The van der Waals surface area contributed by atoms with Crippen LogP contribution in [0.1, 0.15) is 24.0 Å². The second-order valence-corrected chi connectivity index (χ2v) is 8.25. The zero-order valence-corrected chi connectivity index (χ0v) is 18.2. The van der Waals surface area contributed by atoms with E-state index < -0.39 is 12.1 Å². The molecule has 1 atom stereocenters. The minimum atomic E-state index is -0.746. The number of fused-ring (bicyclic) bond motifs is 2. The smallest absolute Gasteiger partial charge is 0.324 e. The number of aromatic nitrogens is 1. The fourth-order valence-electron chi connectivity index (χ4n) is 4.19. The molecule has 2 aliphatic rings. The number of halogens is 1. The van der Waals surface area contributed by atoms with Crippen LogP contribution in [0.15, 0.2) is 42.6 Å². The highest BCUT2D eigenvalue weighted by molar-refractivity contribution is 6.04. The predicted octanol–water partition coefficient (Wildman–Crippen LogP) is 2.60. The number of nitrogens with one attached hydrogen (secondary N) is 3. The molecular formula is C24H23FN4O5. The maximum atomic E-state index is 13.6. The molecule has 0 unspecified atom stereocenters. The van der Waals surface area contributed by atoms with Gasteiger partial charge in [0.05, 0.1) is 0 Å². The van der Waals surface area contributed by atoms with Gasteiger partial charge in [-0.3, -0.25) is 14.5 Å². The zero-order chi connectivity index (χ0) is 23.7. The van der Waals surface area contributed by atoms with Gasteiger partial charge in [-0.05, 0) is 54.3 Å². The lowest BCUT2D eigenvalue weighted by Gasteiger charge is -2.13. The average Bonchev–Trinajstić information content (AvgIpc) is 3.52. The van der Waals surface area contributed by atoms with Crippen LogP contribution in [0.25, 0.3) is 10.9 Å². The van der Waals surface area contributed by atoms with Crippen molar-refractivity contribution < 1.29 is 28.2 Å². The molecule has 2 aliphatic heterocycles. The van der Waals surface area contributed by atoms with Gasteiger partial charge in [0.15, 0.2) is 11.5 Å². The molecule has 1 fully saturated rings. The van der Waals surface area contributed by atoms with Crippen LogP contribution in [-0.4, -0.2) is 47.1 Å². The fourth-order valence-corrected chi connectivity index (χ4v) is 4.19. The van der Waals surface area contributed by atoms with E-state index in [1.165, 1.54) is 12.1 Å². The molecule has 3 heterocycles. The van der Waals surface area contributed by atoms with E-state index in [0.29, 0.717) is 24.5 Å². The van der Waals surface area contributed by atoms with Crippen molar-refractivity contribution >= 4 is 28.7 Å². The van der Waals surface area contributed by atoms with Crippen molar-refractivity contribution in [3.05, 3.63) is 59.5 Å². The van der Waals surface area contributed by atoms with Crippen molar-refractivity contribution in [3.8, 4) is 11.5 Å². The third kappa shape index (κ3) is 4.39. The summed E-state index contributed by atoms with van der Waals surface area (Å²) in [6, 6.07) is 8.66. The van der Waals surface area contributed by atoms with Crippen molar-refractivity contribution in [2.75, 3.05) is 13.3 Å². The van der Waals surface area contributed by atoms with Crippen LogP contribution in [0.3, 0.4) is 0 Å². The number of ether oxygens (including phenoxy) is 2. The van der Waals surface area contributed by atoms with E-state index in [-0.39, 0.29) is 43.8 Å². The van der Waals surface area contributed by atoms with Gasteiger partial charge in [-0.2, -0.15) is 0 Å². The van der Waals surface area contributed by atoms with Crippen molar-refractivity contribution in [2.45, 2.75) is 31.8 Å². The Morgan fingerprint density at radius 2 is 2.00 bits per heavy atom. The van der Waals surface area contributed by atoms with E-state index in [9.17, 15) is 18.8 Å². The van der Waals surface area contributed by atoms with Gasteiger partial charge >= 0.3 is 6.03 Å². The Morgan fingerprint density at radius 1 is 1.15 bits per heavy atom. The minimum Gasteiger partial charge on any atom is -0.454 e. The normalized spacial score (nSPS) is 16.9. The molecule has 10 heteroatoms. The van der Waals surface area contributed by atoms with Crippen molar-refractivity contribution in [3.63, 3.8) is 0 Å². The van der Waals surface area contributed by atoms with Crippen LogP contribution in [0, 0.1) is 5.82 Å². The zero-order valence-electron chi connectivity index (χ0n) is 18.2. The third-order valence-corrected chi connectivity index (χ3v) is 6.03. The molecule has 3 aromatic rings. The number of aromatic amines is 1. The Labute approximate surface area is 194 Å². The quantitative estimate of drug-likeness (QED) is 0.442. The van der Waals surface area contributed by atoms with Crippen molar-refractivity contribution in [1.29, 1.82) is 0 Å².